The van der Waals surface area contributed by atoms with Gasteiger partial charge in [0.05, 0.1) is 42.5 Å². The number of aryl methyl sites for hydroxylation is 2. The summed E-state index contributed by atoms with van der Waals surface area (Å²) < 4.78 is 19.5. The van der Waals surface area contributed by atoms with Gasteiger partial charge in [0, 0.05) is 43.7 Å². The normalized spacial score (nSPS) is 29.1. The van der Waals surface area contributed by atoms with Gasteiger partial charge in [-0.25, -0.2) is 9.48 Å². The van der Waals surface area contributed by atoms with Gasteiger partial charge >= 0.3 is 5.97 Å². The molecule has 352 valence electrons. The molecule has 3 aromatic rings. The van der Waals surface area contributed by atoms with Crippen molar-refractivity contribution < 1.29 is 53.8 Å². The molecule has 8 rings (SSSR count). The highest BCUT2D eigenvalue weighted by Crippen LogP contribution is 2.36. The van der Waals surface area contributed by atoms with Crippen LogP contribution in [0.2, 0.25) is 0 Å². The number of ether oxygens (including phenoxy) is 3. The Bertz CT molecular complexity index is 2140. The molecule has 0 radical (unpaired) electrons. The number of fused-ring (bicyclic) bond motifs is 12. The van der Waals surface area contributed by atoms with Crippen molar-refractivity contribution in [1.29, 1.82) is 0 Å². The molecule has 3 amide bonds. The van der Waals surface area contributed by atoms with Crippen molar-refractivity contribution in [1.82, 2.24) is 30.9 Å². The molecule has 7 N–H and O–H groups in total. The molecule has 17 heteroatoms. The third-order valence-corrected chi connectivity index (χ3v) is 13.3. The van der Waals surface area contributed by atoms with Crippen molar-refractivity contribution in [2.75, 3.05) is 19.8 Å². The number of carboxylic acids is 1. The number of aromatic nitrogens is 3. The van der Waals surface area contributed by atoms with Crippen molar-refractivity contribution in [2.24, 2.45) is 5.92 Å². The molecular formula is C48H64N6O11. The Morgan fingerprint density at radius 3 is 2.46 bits per heavy atom. The summed E-state index contributed by atoms with van der Waals surface area (Å²) in [5.41, 5.74) is 2.20. The summed E-state index contributed by atoms with van der Waals surface area (Å²) in [4.78, 5) is 53.6. The molecule has 1 aromatic heterocycles. The van der Waals surface area contributed by atoms with Crippen LogP contribution in [-0.4, -0.2) is 115 Å². The van der Waals surface area contributed by atoms with Gasteiger partial charge in [0.25, 0.3) is 5.91 Å². The van der Waals surface area contributed by atoms with Crippen LogP contribution in [-0.2, 0) is 37.0 Å². The molecule has 6 bridgehead atoms. The lowest BCUT2D eigenvalue weighted by atomic mass is 9.81. The first-order valence-corrected chi connectivity index (χ1v) is 23.1. The van der Waals surface area contributed by atoms with Gasteiger partial charge < -0.3 is 50.6 Å². The van der Waals surface area contributed by atoms with E-state index in [0.29, 0.717) is 49.4 Å². The first-order chi connectivity index (χ1) is 31.3. The number of allylic oxidation sites excluding steroid dienone is 1. The number of rotatable bonds is 7. The van der Waals surface area contributed by atoms with Crippen LogP contribution in [0.3, 0.4) is 0 Å². The largest absolute Gasteiger partial charge is 0.488 e. The Kier molecular flexibility index (Phi) is 16.1. The van der Waals surface area contributed by atoms with Gasteiger partial charge in [0.15, 0.2) is 5.60 Å². The van der Waals surface area contributed by atoms with Gasteiger partial charge in [-0.15, -0.1) is 5.10 Å². The quantitative estimate of drug-likeness (QED) is 0.167. The lowest BCUT2D eigenvalue weighted by Gasteiger charge is -2.47. The first kappa shape index (κ1) is 47.8. The number of aliphatic carboxylic acids is 1. The Balaban J connectivity index is 1.13. The molecule has 3 fully saturated rings. The molecule has 1 aliphatic carbocycles. The molecule has 5 unspecified atom stereocenters. The average molecular weight is 901 g/mol. The average Bonchev–Trinajstić information content (AvgIpc) is 3.77. The summed E-state index contributed by atoms with van der Waals surface area (Å²) in [5.74, 6) is -2.04. The van der Waals surface area contributed by atoms with Crippen LogP contribution >= 0.6 is 0 Å². The van der Waals surface area contributed by atoms with Crippen LogP contribution in [0.1, 0.15) is 127 Å². The zero-order valence-corrected chi connectivity index (χ0v) is 37.3. The van der Waals surface area contributed by atoms with E-state index in [2.05, 4.69) is 26.3 Å². The van der Waals surface area contributed by atoms with Gasteiger partial charge in [-0.3, -0.25) is 14.4 Å². The SMILES string of the molecule is Cc1cc2cc(C)c1OCc1cccc(c1)C(NC(=O)C1CCCOC1)CCC/C=C/CC1(C(=O)O)C[C@H](O)C(NC(=O)Cn3cc(C4CCCCC4)nn3)C(O1)[C@H](O)[C@H](O)CNC2=O. The highest BCUT2D eigenvalue weighted by Gasteiger charge is 2.54. The van der Waals surface area contributed by atoms with E-state index >= 15 is 0 Å². The zero-order valence-electron chi connectivity index (χ0n) is 37.3. The van der Waals surface area contributed by atoms with E-state index in [0.717, 1.165) is 55.3 Å². The molecule has 17 nitrogen and oxygen atoms in total. The van der Waals surface area contributed by atoms with Crippen molar-refractivity contribution in [3.05, 3.63) is 88.3 Å². The fourth-order valence-corrected chi connectivity index (χ4v) is 9.63. The number of carboxylic acid groups (broad SMARTS) is 1. The minimum atomic E-state index is -2.06. The zero-order chi connectivity index (χ0) is 46.1. The third kappa shape index (κ3) is 12.0. The van der Waals surface area contributed by atoms with Crippen molar-refractivity contribution in [2.45, 2.75) is 152 Å². The number of amides is 3. The Morgan fingerprint density at radius 2 is 1.72 bits per heavy atom. The van der Waals surface area contributed by atoms with Crippen LogP contribution in [0, 0.1) is 19.8 Å². The monoisotopic (exact) mass is 900 g/mol. The number of nitrogens with zero attached hydrogens (tertiary/aromatic N) is 3. The van der Waals surface area contributed by atoms with E-state index in [9.17, 15) is 39.6 Å². The second-order valence-corrected chi connectivity index (χ2v) is 18.2. The van der Waals surface area contributed by atoms with E-state index in [1.165, 1.54) is 11.1 Å². The molecule has 1 saturated carbocycles. The van der Waals surface area contributed by atoms with Gasteiger partial charge in [0.1, 0.15) is 31.1 Å². The second kappa shape index (κ2) is 21.9. The van der Waals surface area contributed by atoms with E-state index in [1.54, 1.807) is 24.4 Å². The fraction of sp³-hybridized carbons (Fsp3) is 0.583. The number of aliphatic hydroxyl groups excluding tert-OH is 3. The van der Waals surface area contributed by atoms with Crippen LogP contribution in [0.5, 0.6) is 5.75 Å². The minimum Gasteiger partial charge on any atom is -0.488 e. The number of hydrogen-bond acceptors (Lipinski definition) is 12. The van der Waals surface area contributed by atoms with Crippen LogP contribution in [0.25, 0.3) is 0 Å². The lowest BCUT2D eigenvalue weighted by molar-refractivity contribution is -0.226. The molecule has 5 heterocycles. The number of carbonyl (C=O) groups excluding carboxylic acids is 3. The van der Waals surface area contributed by atoms with Crippen molar-refractivity contribution >= 4 is 23.7 Å². The summed E-state index contributed by atoms with van der Waals surface area (Å²) in [7, 11) is 0. The molecule has 5 aliphatic rings. The molecule has 2 saturated heterocycles. The van der Waals surface area contributed by atoms with Crippen molar-refractivity contribution in [3.63, 3.8) is 0 Å². The molecular weight excluding hydrogens is 837 g/mol. The fourth-order valence-electron chi connectivity index (χ4n) is 9.63. The number of hydrogen-bond donors (Lipinski definition) is 7. The Hall–Kier alpha value is -5.20. The molecule has 8 atom stereocenters. The third-order valence-electron chi connectivity index (χ3n) is 13.3. The van der Waals surface area contributed by atoms with Gasteiger partial charge in [-0.2, -0.15) is 0 Å². The molecule has 4 aliphatic heterocycles. The number of aliphatic hydroxyl groups is 3. The highest BCUT2D eigenvalue weighted by molar-refractivity contribution is 5.95. The number of benzene rings is 2. The first-order valence-electron chi connectivity index (χ1n) is 23.1. The standard InChI is InChI=1S/C48H64N6O11/c1-29-20-35-21-30(2)43(29)64-27-31-12-10-15-33(22-31)36(50-46(60)34-16-11-19-63-28-34)17-8-3-4-9-18-48(47(61)62)23-38(55)41(44(65-48)42(58)39(56)24-49-45(35)59)51-40(57)26-54-25-37(52-53-54)32-13-6-5-7-14-32/h4,9-10,12,15,20-22,25,32,34,36,38-39,41-42,44,55-56,58H,3,5-8,11,13-14,16-19,23-24,26-28H2,1-2H3,(H,49,59)(H,50,60)(H,51,57)(H,61,62)/b9-4+/t34?,36?,38-,39+,41?,42+,44?,48?/m0/s1. The minimum absolute atomic E-state index is 0.0784. The van der Waals surface area contributed by atoms with E-state index in [1.807, 2.05) is 44.2 Å². The van der Waals surface area contributed by atoms with Gasteiger partial charge in [-0.05, 0) is 93.2 Å². The second-order valence-electron chi connectivity index (χ2n) is 18.2. The smallest absolute Gasteiger partial charge is 0.336 e. The van der Waals surface area contributed by atoms with E-state index < -0.39 is 66.8 Å². The van der Waals surface area contributed by atoms with Gasteiger partial charge in [0.2, 0.25) is 11.8 Å². The molecule has 0 spiro atoms. The maximum absolute atomic E-state index is 13.5. The summed E-state index contributed by atoms with van der Waals surface area (Å²) >= 11 is 0. The molecule has 2 aromatic carbocycles. The van der Waals surface area contributed by atoms with E-state index in [-0.39, 0.29) is 48.9 Å². The Morgan fingerprint density at radius 1 is 0.938 bits per heavy atom. The highest BCUT2D eigenvalue weighted by atomic mass is 16.6. The summed E-state index contributed by atoms with van der Waals surface area (Å²) in [6.45, 7) is 4.13. The summed E-state index contributed by atoms with van der Waals surface area (Å²) in [6, 6.07) is 9.48. The van der Waals surface area contributed by atoms with Gasteiger partial charge in [-0.1, -0.05) is 60.9 Å². The van der Waals surface area contributed by atoms with Crippen molar-refractivity contribution in [3.8, 4) is 5.75 Å². The van der Waals surface area contributed by atoms with E-state index in [4.69, 9.17) is 14.2 Å². The van der Waals surface area contributed by atoms with Crippen LogP contribution < -0.4 is 20.7 Å². The Labute approximate surface area is 379 Å². The van der Waals surface area contributed by atoms with Crippen LogP contribution in [0.4, 0.5) is 0 Å². The lowest BCUT2D eigenvalue weighted by Crippen LogP contribution is -2.67. The molecule has 65 heavy (non-hydrogen) atoms. The number of nitrogens with one attached hydrogen (secondary N) is 3. The van der Waals surface area contributed by atoms with Crippen LogP contribution in [0.15, 0.2) is 54.7 Å². The number of carbonyl (C=O) groups is 4. The predicted octanol–water partition coefficient (Wildman–Crippen LogP) is 3.85. The predicted molar refractivity (Wildman–Crippen MR) is 237 cm³/mol. The topological polar surface area (TPSA) is 244 Å². The summed E-state index contributed by atoms with van der Waals surface area (Å²) in [5, 5.41) is 62.4. The maximum Gasteiger partial charge on any atom is 0.336 e. The summed E-state index contributed by atoms with van der Waals surface area (Å²) in [6.07, 6.45) is 6.38. The maximum atomic E-state index is 13.5.